The van der Waals surface area contributed by atoms with Gasteiger partial charge in [0.1, 0.15) is 5.75 Å². The SMILES string of the molecule is CCNC(=O)c1ccc(-c2ccc3c(c2)COC(C2CCN(C(=O)OCC4(C)CC4)CC2)O3)cc1. The number of hydrogen-bond donors (Lipinski definition) is 1. The fraction of sp³-hybridized carbons (Fsp3) is 0.500. The first kappa shape index (κ1) is 23.7. The van der Waals surface area contributed by atoms with E-state index in [2.05, 4.69) is 18.3 Å². The molecule has 2 amide bonds. The lowest BCUT2D eigenvalue weighted by atomic mass is 9.95. The maximum atomic E-state index is 12.4. The number of amides is 2. The first-order chi connectivity index (χ1) is 16.9. The van der Waals surface area contributed by atoms with Gasteiger partial charge < -0.3 is 24.4 Å². The van der Waals surface area contributed by atoms with Gasteiger partial charge in [-0.05, 0) is 68.0 Å². The van der Waals surface area contributed by atoms with E-state index in [0.717, 1.165) is 48.1 Å². The third kappa shape index (κ3) is 5.45. The number of rotatable bonds is 6. The maximum absolute atomic E-state index is 12.4. The van der Waals surface area contributed by atoms with E-state index in [0.29, 0.717) is 38.4 Å². The molecule has 7 heteroatoms. The summed E-state index contributed by atoms with van der Waals surface area (Å²) in [4.78, 5) is 26.2. The Kier molecular flexibility index (Phi) is 6.69. The molecule has 2 aromatic carbocycles. The molecule has 7 nitrogen and oxygen atoms in total. The lowest BCUT2D eigenvalue weighted by Gasteiger charge is -2.37. The second-order valence-corrected chi connectivity index (χ2v) is 10.2. The van der Waals surface area contributed by atoms with Crippen molar-refractivity contribution in [1.29, 1.82) is 0 Å². The number of hydrogen-bond acceptors (Lipinski definition) is 5. The van der Waals surface area contributed by atoms with Crippen molar-refractivity contribution in [3.63, 3.8) is 0 Å². The van der Waals surface area contributed by atoms with Gasteiger partial charge in [0, 0.05) is 42.1 Å². The summed E-state index contributed by atoms with van der Waals surface area (Å²) in [6.07, 6.45) is 3.47. The predicted molar refractivity (Wildman–Crippen MR) is 132 cm³/mol. The van der Waals surface area contributed by atoms with Gasteiger partial charge in [-0.1, -0.05) is 25.1 Å². The molecule has 2 heterocycles. The van der Waals surface area contributed by atoms with Gasteiger partial charge in [-0.15, -0.1) is 0 Å². The van der Waals surface area contributed by atoms with Crippen LogP contribution >= 0.6 is 0 Å². The van der Waals surface area contributed by atoms with E-state index in [-0.39, 0.29) is 29.6 Å². The summed E-state index contributed by atoms with van der Waals surface area (Å²) in [5.41, 5.74) is 3.97. The molecule has 2 fully saturated rings. The summed E-state index contributed by atoms with van der Waals surface area (Å²) in [6, 6.07) is 13.7. The van der Waals surface area contributed by atoms with Gasteiger partial charge >= 0.3 is 6.09 Å². The van der Waals surface area contributed by atoms with Crippen molar-refractivity contribution in [2.75, 3.05) is 26.2 Å². The molecule has 1 unspecified atom stereocenters. The molecule has 1 atom stereocenters. The predicted octanol–water partition coefficient (Wildman–Crippen LogP) is 4.99. The van der Waals surface area contributed by atoms with Crippen LogP contribution in [0.2, 0.25) is 0 Å². The normalized spacial score (nSPS) is 21.0. The molecule has 3 aliphatic rings. The lowest BCUT2D eigenvalue weighted by molar-refractivity contribution is -0.148. The van der Waals surface area contributed by atoms with Crippen LogP contribution in [-0.2, 0) is 16.1 Å². The Morgan fingerprint density at radius 3 is 2.49 bits per heavy atom. The zero-order chi connectivity index (χ0) is 24.4. The average Bonchev–Trinajstić information content (AvgIpc) is 3.64. The van der Waals surface area contributed by atoms with Crippen molar-refractivity contribution >= 4 is 12.0 Å². The van der Waals surface area contributed by atoms with Crippen LogP contribution in [0.3, 0.4) is 0 Å². The molecule has 186 valence electrons. The molecule has 0 radical (unpaired) electrons. The van der Waals surface area contributed by atoms with E-state index in [1.165, 1.54) is 0 Å². The van der Waals surface area contributed by atoms with E-state index in [9.17, 15) is 9.59 Å². The molecular weight excluding hydrogens is 444 g/mol. The molecule has 0 aromatic heterocycles. The molecule has 1 aliphatic carbocycles. The van der Waals surface area contributed by atoms with Crippen molar-refractivity contribution in [2.24, 2.45) is 11.3 Å². The number of fused-ring (bicyclic) bond motifs is 1. The van der Waals surface area contributed by atoms with Crippen molar-refractivity contribution in [2.45, 2.75) is 52.4 Å². The van der Waals surface area contributed by atoms with Gasteiger partial charge in [-0.3, -0.25) is 4.79 Å². The summed E-state index contributed by atoms with van der Waals surface area (Å²) < 4.78 is 17.8. The number of nitrogens with zero attached hydrogens (tertiary/aromatic N) is 1. The number of carbonyl (C=O) groups excluding carboxylic acids is 2. The average molecular weight is 479 g/mol. The summed E-state index contributed by atoms with van der Waals surface area (Å²) >= 11 is 0. The highest BCUT2D eigenvalue weighted by molar-refractivity contribution is 5.94. The zero-order valence-corrected chi connectivity index (χ0v) is 20.5. The van der Waals surface area contributed by atoms with Crippen LogP contribution in [0.1, 0.15) is 55.5 Å². The third-order valence-electron chi connectivity index (χ3n) is 7.35. The molecule has 0 spiro atoms. The highest BCUT2D eigenvalue weighted by Gasteiger charge is 2.39. The van der Waals surface area contributed by atoms with Crippen LogP contribution < -0.4 is 10.1 Å². The Hall–Kier alpha value is -3.06. The molecule has 1 saturated carbocycles. The molecule has 35 heavy (non-hydrogen) atoms. The first-order valence-electron chi connectivity index (χ1n) is 12.7. The Labute approximate surface area is 206 Å². The quantitative estimate of drug-likeness (QED) is 0.633. The van der Waals surface area contributed by atoms with Crippen LogP contribution in [0.25, 0.3) is 11.1 Å². The summed E-state index contributed by atoms with van der Waals surface area (Å²) in [7, 11) is 0. The third-order valence-corrected chi connectivity index (χ3v) is 7.35. The molecule has 2 aromatic rings. The van der Waals surface area contributed by atoms with Crippen LogP contribution in [0.4, 0.5) is 4.79 Å². The topological polar surface area (TPSA) is 77.1 Å². The molecule has 1 N–H and O–H groups in total. The summed E-state index contributed by atoms with van der Waals surface area (Å²) in [5, 5.41) is 2.82. The first-order valence-corrected chi connectivity index (χ1v) is 12.7. The van der Waals surface area contributed by atoms with Crippen LogP contribution in [0.5, 0.6) is 5.75 Å². The number of benzene rings is 2. The van der Waals surface area contributed by atoms with Gasteiger partial charge in [0.05, 0.1) is 13.2 Å². The second kappa shape index (κ2) is 9.90. The van der Waals surface area contributed by atoms with Gasteiger partial charge in [-0.2, -0.15) is 0 Å². The van der Waals surface area contributed by atoms with Crippen LogP contribution in [0, 0.1) is 11.3 Å². The van der Waals surface area contributed by atoms with Gasteiger partial charge in [0.15, 0.2) is 0 Å². The molecule has 5 rings (SSSR count). The summed E-state index contributed by atoms with van der Waals surface area (Å²) in [5.74, 6) is 1.03. The monoisotopic (exact) mass is 478 g/mol. The minimum absolute atomic E-state index is 0.0623. The van der Waals surface area contributed by atoms with Gasteiger partial charge in [-0.25, -0.2) is 4.79 Å². The van der Waals surface area contributed by atoms with Gasteiger partial charge in [0.2, 0.25) is 6.29 Å². The van der Waals surface area contributed by atoms with Crippen molar-refractivity contribution in [3.8, 4) is 16.9 Å². The Bertz CT molecular complexity index is 1070. The van der Waals surface area contributed by atoms with Crippen LogP contribution in [-0.4, -0.2) is 49.4 Å². The van der Waals surface area contributed by atoms with Crippen LogP contribution in [0.15, 0.2) is 42.5 Å². The number of nitrogens with one attached hydrogen (secondary N) is 1. The Balaban J connectivity index is 1.15. The maximum Gasteiger partial charge on any atom is 0.409 e. The minimum Gasteiger partial charge on any atom is -0.464 e. The van der Waals surface area contributed by atoms with E-state index in [4.69, 9.17) is 14.2 Å². The van der Waals surface area contributed by atoms with Crippen molar-refractivity contribution < 1.29 is 23.8 Å². The Morgan fingerprint density at radius 1 is 1.09 bits per heavy atom. The number of piperidine rings is 1. The standard InChI is InChI=1S/C28H34N2O5/c1-3-29-25(31)20-6-4-19(5-7-20)22-8-9-24-23(16-22)17-33-26(35-24)21-10-14-30(15-11-21)27(32)34-18-28(2)12-13-28/h4-9,16,21,26H,3,10-15,17-18H2,1-2H3,(H,29,31). The van der Waals surface area contributed by atoms with Crippen molar-refractivity contribution in [3.05, 3.63) is 53.6 Å². The number of ether oxygens (including phenoxy) is 3. The smallest absolute Gasteiger partial charge is 0.409 e. The highest BCUT2D eigenvalue weighted by Crippen LogP contribution is 2.45. The van der Waals surface area contributed by atoms with E-state index in [1.54, 1.807) is 0 Å². The molecule has 2 aliphatic heterocycles. The molecular formula is C28H34N2O5. The van der Waals surface area contributed by atoms with E-state index in [1.807, 2.05) is 48.2 Å². The molecule has 0 bridgehead atoms. The Morgan fingerprint density at radius 2 is 1.80 bits per heavy atom. The number of likely N-dealkylation sites (tertiary alicyclic amines) is 1. The second-order valence-electron chi connectivity index (χ2n) is 10.2. The van der Waals surface area contributed by atoms with E-state index >= 15 is 0 Å². The largest absolute Gasteiger partial charge is 0.464 e. The van der Waals surface area contributed by atoms with E-state index < -0.39 is 0 Å². The summed E-state index contributed by atoms with van der Waals surface area (Å²) in [6.45, 7) is 7.03. The number of carbonyl (C=O) groups is 2. The zero-order valence-electron chi connectivity index (χ0n) is 20.5. The minimum atomic E-state index is -0.298. The fourth-order valence-electron chi connectivity index (χ4n) is 4.67. The lowest BCUT2D eigenvalue weighted by Crippen LogP contribution is -2.44. The molecule has 1 saturated heterocycles. The highest BCUT2D eigenvalue weighted by atomic mass is 16.7. The fourth-order valence-corrected chi connectivity index (χ4v) is 4.67. The van der Waals surface area contributed by atoms with Crippen molar-refractivity contribution in [1.82, 2.24) is 10.2 Å². The van der Waals surface area contributed by atoms with Gasteiger partial charge in [0.25, 0.3) is 5.91 Å².